The van der Waals surface area contributed by atoms with E-state index in [0.717, 1.165) is 17.0 Å². The highest BCUT2D eigenvalue weighted by Crippen LogP contribution is 2.40. The summed E-state index contributed by atoms with van der Waals surface area (Å²) in [6.07, 6.45) is 0.0606. The monoisotopic (exact) mass is 614 g/mol. The fourth-order valence-corrected chi connectivity index (χ4v) is 6.25. The van der Waals surface area contributed by atoms with E-state index >= 15 is 4.39 Å². The Bertz CT molecular complexity index is 1470. The summed E-state index contributed by atoms with van der Waals surface area (Å²) >= 11 is 0. The molecule has 12 heteroatoms. The molecular weight excluding hydrogens is 571 g/mol. The number of nitrogens with zero attached hydrogens (tertiary/aromatic N) is 2. The van der Waals surface area contributed by atoms with Crippen molar-refractivity contribution in [1.82, 2.24) is 9.47 Å². The van der Waals surface area contributed by atoms with Crippen LogP contribution in [0.4, 0.5) is 10.1 Å². The van der Waals surface area contributed by atoms with E-state index in [9.17, 15) is 19.2 Å². The van der Waals surface area contributed by atoms with Gasteiger partial charge in [-0.05, 0) is 63.9 Å². The number of Topliss-reactive ketones (excluding diaryl/α,β-unsaturated/α-hetero) is 1. The molecule has 2 aromatic rings. The first-order chi connectivity index (χ1) is 20.6. The van der Waals surface area contributed by atoms with Gasteiger partial charge in [0.05, 0.1) is 30.0 Å². The second-order valence-electron chi connectivity index (χ2n) is 12.9. The smallest absolute Gasteiger partial charge is 0.311 e. The summed E-state index contributed by atoms with van der Waals surface area (Å²) < 4.78 is 33.9. The molecule has 3 atom stereocenters. The molecule has 1 aromatic heterocycles. The van der Waals surface area contributed by atoms with E-state index in [2.05, 4.69) is 5.32 Å². The number of nitrogens with one attached hydrogen (secondary N) is 1. The number of fused-ring (bicyclic) bond motifs is 1. The predicted molar refractivity (Wildman–Crippen MR) is 161 cm³/mol. The largest absolute Gasteiger partial charge is 0.461 e. The number of aromatic nitrogens is 1. The molecule has 1 fully saturated rings. The van der Waals surface area contributed by atoms with Crippen LogP contribution >= 0.6 is 0 Å². The molecule has 1 amide bonds. The number of halogens is 1. The summed E-state index contributed by atoms with van der Waals surface area (Å²) in [7, 11) is 3.60. The lowest BCUT2D eigenvalue weighted by atomic mass is 9.75. The van der Waals surface area contributed by atoms with Gasteiger partial charge in [0.25, 0.3) is 5.91 Å². The SMILES string of the molecule is CC(=O)OC(CC(=O)OC1CC(Nc2cc(-n3c(C)c(C)c4c3CC(C)(C)CC4=O)cc(F)c2C(N)=O)CCO1)CN(C)C. The second kappa shape index (κ2) is 13.1. The Labute approximate surface area is 257 Å². The van der Waals surface area contributed by atoms with Gasteiger partial charge in [-0.1, -0.05) is 13.8 Å². The summed E-state index contributed by atoms with van der Waals surface area (Å²) in [5, 5.41) is 3.24. The van der Waals surface area contributed by atoms with Crippen LogP contribution in [0.1, 0.15) is 84.1 Å². The zero-order valence-electron chi connectivity index (χ0n) is 26.5. The summed E-state index contributed by atoms with van der Waals surface area (Å²) in [6.45, 7) is 9.72. The van der Waals surface area contributed by atoms with Gasteiger partial charge in [-0.3, -0.25) is 19.2 Å². The molecule has 0 spiro atoms. The molecule has 0 bridgehead atoms. The number of ether oxygens (including phenoxy) is 3. The minimum Gasteiger partial charge on any atom is -0.461 e. The number of likely N-dealkylation sites (N-methyl/N-ethyl adjacent to an activating group) is 1. The zero-order chi connectivity index (χ0) is 32.5. The number of hydrogen-bond donors (Lipinski definition) is 2. The number of amides is 1. The highest BCUT2D eigenvalue weighted by molar-refractivity contribution is 6.01. The summed E-state index contributed by atoms with van der Waals surface area (Å²) in [5.74, 6) is -2.74. The Morgan fingerprint density at radius 1 is 1.23 bits per heavy atom. The van der Waals surface area contributed by atoms with Crippen molar-refractivity contribution in [2.24, 2.45) is 11.1 Å². The maximum absolute atomic E-state index is 15.6. The molecule has 1 aliphatic carbocycles. The third-order valence-electron chi connectivity index (χ3n) is 8.12. The Balaban J connectivity index is 1.58. The van der Waals surface area contributed by atoms with Gasteiger partial charge in [0.1, 0.15) is 11.9 Å². The van der Waals surface area contributed by atoms with E-state index in [0.29, 0.717) is 37.1 Å². The van der Waals surface area contributed by atoms with E-state index in [-0.39, 0.29) is 47.9 Å². The molecule has 2 aliphatic rings. The van der Waals surface area contributed by atoms with Crippen LogP contribution in [0, 0.1) is 25.1 Å². The first-order valence-electron chi connectivity index (χ1n) is 14.8. The van der Waals surface area contributed by atoms with E-state index in [1.807, 2.05) is 32.3 Å². The van der Waals surface area contributed by atoms with Gasteiger partial charge in [-0.2, -0.15) is 0 Å². The van der Waals surface area contributed by atoms with Crippen molar-refractivity contribution in [3.8, 4) is 5.69 Å². The van der Waals surface area contributed by atoms with Crippen molar-refractivity contribution in [1.29, 1.82) is 0 Å². The van der Waals surface area contributed by atoms with Crippen LogP contribution in [-0.2, 0) is 30.2 Å². The average molecular weight is 615 g/mol. The minimum atomic E-state index is -0.928. The van der Waals surface area contributed by atoms with Crippen LogP contribution in [0.15, 0.2) is 12.1 Å². The van der Waals surface area contributed by atoms with Crippen molar-refractivity contribution >= 4 is 29.3 Å². The molecule has 1 aromatic carbocycles. The van der Waals surface area contributed by atoms with Gasteiger partial charge in [-0.25, -0.2) is 4.39 Å². The van der Waals surface area contributed by atoms with Crippen molar-refractivity contribution in [3.63, 3.8) is 0 Å². The van der Waals surface area contributed by atoms with Crippen LogP contribution in [-0.4, -0.2) is 78.8 Å². The lowest BCUT2D eigenvalue weighted by molar-refractivity contribution is -0.190. The van der Waals surface area contributed by atoms with Crippen LogP contribution in [0.2, 0.25) is 0 Å². The first-order valence-corrected chi connectivity index (χ1v) is 14.8. The number of nitrogens with two attached hydrogens (primary N) is 1. The molecule has 240 valence electrons. The topological polar surface area (TPSA) is 142 Å². The normalized spacial score (nSPS) is 20.2. The average Bonchev–Trinajstić information content (AvgIpc) is 3.11. The van der Waals surface area contributed by atoms with Gasteiger partial charge in [0.2, 0.25) is 6.29 Å². The summed E-state index contributed by atoms with van der Waals surface area (Å²) in [6, 6.07) is 2.59. The number of carbonyl (C=O) groups excluding carboxylic acids is 4. The molecule has 1 aliphatic heterocycles. The first kappa shape index (κ1) is 33.1. The lowest BCUT2D eigenvalue weighted by Crippen LogP contribution is -2.38. The number of esters is 2. The molecule has 2 heterocycles. The number of hydrogen-bond acceptors (Lipinski definition) is 9. The van der Waals surface area contributed by atoms with Gasteiger partial charge >= 0.3 is 11.9 Å². The van der Waals surface area contributed by atoms with Crippen molar-refractivity contribution < 1.29 is 37.8 Å². The van der Waals surface area contributed by atoms with E-state index in [1.54, 1.807) is 25.1 Å². The zero-order valence-corrected chi connectivity index (χ0v) is 26.5. The highest BCUT2D eigenvalue weighted by Gasteiger charge is 2.36. The Morgan fingerprint density at radius 3 is 2.57 bits per heavy atom. The van der Waals surface area contributed by atoms with Crippen molar-refractivity contribution in [2.45, 2.75) is 85.2 Å². The molecule has 44 heavy (non-hydrogen) atoms. The fraction of sp³-hybridized carbons (Fsp3) is 0.562. The number of ketones is 1. The molecule has 3 unspecified atom stereocenters. The highest BCUT2D eigenvalue weighted by atomic mass is 19.1. The summed E-state index contributed by atoms with van der Waals surface area (Å²) in [4.78, 5) is 51.4. The number of rotatable bonds is 10. The van der Waals surface area contributed by atoms with Gasteiger partial charge in [0, 0.05) is 49.3 Å². The second-order valence-corrected chi connectivity index (χ2v) is 12.9. The third kappa shape index (κ3) is 7.47. The third-order valence-corrected chi connectivity index (χ3v) is 8.12. The molecule has 0 radical (unpaired) electrons. The Kier molecular flexibility index (Phi) is 9.84. The van der Waals surface area contributed by atoms with Crippen LogP contribution in [0.25, 0.3) is 5.69 Å². The van der Waals surface area contributed by atoms with E-state index in [1.165, 1.54) is 13.0 Å². The van der Waals surface area contributed by atoms with Crippen LogP contribution in [0.3, 0.4) is 0 Å². The van der Waals surface area contributed by atoms with Gasteiger partial charge in [-0.15, -0.1) is 0 Å². The Hall–Kier alpha value is -3.77. The van der Waals surface area contributed by atoms with Crippen molar-refractivity contribution in [2.75, 3.05) is 32.6 Å². The van der Waals surface area contributed by atoms with Crippen LogP contribution < -0.4 is 11.1 Å². The van der Waals surface area contributed by atoms with Crippen molar-refractivity contribution in [3.05, 3.63) is 46.0 Å². The number of anilines is 1. The number of carbonyl (C=O) groups is 4. The standard InChI is InChI=1S/C32H43FN4O7/c1-17-18(2)37(25-14-32(4,5)15-26(39)29(17)25)21-11-23(33)30(31(34)41)24(12-21)35-20-8-9-42-28(10-20)44-27(40)13-22(16-36(6)7)43-19(3)38/h11-12,20,22,28,35H,8-10,13-16H2,1-7H3,(H2,34,41). The fourth-order valence-electron chi connectivity index (χ4n) is 6.25. The van der Waals surface area contributed by atoms with E-state index in [4.69, 9.17) is 19.9 Å². The molecular formula is C32H43FN4O7. The number of primary amides is 1. The van der Waals surface area contributed by atoms with Crippen LogP contribution in [0.5, 0.6) is 0 Å². The maximum Gasteiger partial charge on any atom is 0.311 e. The Morgan fingerprint density at radius 2 is 1.93 bits per heavy atom. The van der Waals surface area contributed by atoms with Gasteiger partial charge in [0.15, 0.2) is 5.78 Å². The molecule has 11 nitrogen and oxygen atoms in total. The molecule has 3 N–H and O–H groups in total. The summed E-state index contributed by atoms with van der Waals surface area (Å²) in [5.41, 5.74) is 8.90. The maximum atomic E-state index is 15.6. The quantitative estimate of drug-likeness (QED) is 0.382. The van der Waals surface area contributed by atoms with E-state index < -0.39 is 36.1 Å². The lowest BCUT2D eigenvalue weighted by Gasteiger charge is -2.31. The predicted octanol–water partition coefficient (Wildman–Crippen LogP) is 3.83. The minimum absolute atomic E-state index is 0.0619. The molecule has 4 rings (SSSR count). The molecule has 0 saturated carbocycles. The van der Waals surface area contributed by atoms with Gasteiger partial charge < -0.3 is 34.7 Å². The molecule has 1 saturated heterocycles. The number of benzene rings is 1.